The van der Waals surface area contributed by atoms with E-state index in [1.165, 1.54) is 6.20 Å². The Hall–Kier alpha value is -1.95. The van der Waals surface area contributed by atoms with Gasteiger partial charge in [-0.2, -0.15) is 5.10 Å². The summed E-state index contributed by atoms with van der Waals surface area (Å²) in [6.07, 6.45) is 7.64. The van der Waals surface area contributed by atoms with Crippen LogP contribution in [0.3, 0.4) is 0 Å². The van der Waals surface area contributed by atoms with E-state index in [2.05, 4.69) is 15.4 Å². The molecule has 1 aliphatic rings. The number of hydrogen-bond acceptors (Lipinski definition) is 4. The normalized spacial score (nSPS) is 23.1. The van der Waals surface area contributed by atoms with E-state index in [-0.39, 0.29) is 23.9 Å². The number of pyridine rings is 1. The molecule has 106 valence electrons. The Morgan fingerprint density at radius 3 is 2.85 bits per heavy atom. The van der Waals surface area contributed by atoms with Crippen LogP contribution >= 0.6 is 0 Å². The number of halogens is 1. The van der Waals surface area contributed by atoms with Gasteiger partial charge < -0.3 is 10.4 Å². The molecule has 0 spiro atoms. The highest BCUT2D eigenvalue weighted by Crippen LogP contribution is 2.40. The number of anilines is 1. The van der Waals surface area contributed by atoms with Crippen LogP contribution in [0.25, 0.3) is 0 Å². The fraction of sp³-hybridized carbons (Fsp3) is 0.429. The number of aryl methyl sites for hydroxylation is 1. The Kier molecular flexibility index (Phi) is 3.40. The van der Waals surface area contributed by atoms with Gasteiger partial charge in [0, 0.05) is 25.0 Å². The third-order valence-corrected chi connectivity index (χ3v) is 3.79. The average molecular weight is 276 g/mol. The molecule has 0 bridgehead atoms. The van der Waals surface area contributed by atoms with Gasteiger partial charge in [0.1, 0.15) is 0 Å². The Balaban J connectivity index is 1.84. The Morgan fingerprint density at radius 2 is 2.25 bits per heavy atom. The number of nitrogens with zero attached hydrogens (tertiary/aromatic N) is 3. The topological polar surface area (TPSA) is 63.0 Å². The maximum atomic E-state index is 13.7. The minimum Gasteiger partial charge on any atom is -0.393 e. The zero-order chi connectivity index (χ0) is 14.1. The fourth-order valence-corrected chi connectivity index (χ4v) is 2.64. The zero-order valence-electron chi connectivity index (χ0n) is 11.2. The molecule has 0 amide bonds. The van der Waals surface area contributed by atoms with E-state index >= 15 is 0 Å². The van der Waals surface area contributed by atoms with Crippen molar-refractivity contribution < 1.29 is 9.50 Å². The van der Waals surface area contributed by atoms with Crippen molar-refractivity contribution in [3.8, 4) is 0 Å². The number of nitrogens with one attached hydrogen (secondary N) is 1. The van der Waals surface area contributed by atoms with Crippen molar-refractivity contribution in [3.63, 3.8) is 0 Å². The molecule has 1 unspecified atom stereocenters. The summed E-state index contributed by atoms with van der Waals surface area (Å²) < 4.78 is 15.5. The second kappa shape index (κ2) is 5.20. The Bertz CT molecular complexity index is 594. The van der Waals surface area contributed by atoms with Crippen LogP contribution in [0, 0.1) is 11.7 Å². The Labute approximate surface area is 116 Å². The van der Waals surface area contributed by atoms with Crippen molar-refractivity contribution in [1.29, 1.82) is 0 Å². The van der Waals surface area contributed by atoms with Gasteiger partial charge in [-0.05, 0) is 24.8 Å². The predicted octanol–water partition coefficient (Wildman–Crippen LogP) is 1.88. The largest absolute Gasteiger partial charge is 0.393 e. The number of aliphatic hydroxyl groups is 1. The lowest BCUT2D eigenvalue weighted by Crippen LogP contribution is -2.36. The van der Waals surface area contributed by atoms with Crippen molar-refractivity contribution >= 4 is 5.69 Å². The minimum atomic E-state index is -0.374. The first-order valence-corrected chi connectivity index (χ1v) is 6.66. The first-order valence-electron chi connectivity index (χ1n) is 6.66. The van der Waals surface area contributed by atoms with E-state index in [1.54, 1.807) is 23.1 Å². The van der Waals surface area contributed by atoms with Crippen LogP contribution in [-0.4, -0.2) is 26.0 Å². The molecule has 2 heterocycles. The quantitative estimate of drug-likeness (QED) is 0.895. The predicted molar refractivity (Wildman–Crippen MR) is 72.5 cm³/mol. The molecule has 0 saturated heterocycles. The number of hydrogen-bond donors (Lipinski definition) is 2. The summed E-state index contributed by atoms with van der Waals surface area (Å²) in [5, 5.41) is 16.9. The van der Waals surface area contributed by atoms with Crippen molar-refractivity contribution in [2.75, 3.05) is 5.32 Å². The van der Waals surface area contributed by atoms with Crippen LogP contribution in [0.4, 0.5) is 10.1 Å². The molecule has 1 fully saturated rings. The molecule has 1 saturated carbocycles. The van der Waals surface area contributed by atoms with Gasteiger partial charge in [0.05, 0.1) is 30.2 Å². The first kappa shape index (κ1) is 13.1. The highest BCUT2D eigenvalue weighted by molar-refractivity contribution is 5.45. The zero-order valence-corrected chi connectivity index (χ0v) is 11.2. The molecule has 1 atom stereocenters. The summed E-state index contributed by atoms with van der Waals surface area (Å²) >= 11 is 0. The third kappa shape index (κ3) is 2.51. The van der Waals surface area contributed by atoms with Crippen LogP contribution in [0.5, 0.6) is 0 Å². The highest BCUT2D eigenvalue weighted by atomic mass is 19.1. The van der Waals surface area contributed by atoms with Gasteiger partial charge in [-0.3, -0.25) is 9.67 Å². The number of aliphatic hydroxyl groups excluding tert-OH is 1. The van der Waals surface area contributed by atoms with Gasteiger partial charge in [-0.15, -0.1) is 0 Å². The first-order chi connectivity index (χ1) is 9.63. The summed E-state index contributed by atoms with van der Waals surface area (Å²) in [6.45, 7) is 0. The monoisotopic (exact) mass is 276 g/mol. The second-order valence-electron chi connectivity index (χ2n) is 5.31. The molecule has 5 nitrogen and oxygen atoms in total. The van der Waals surface area contributed by atoms with Crippen molar-refractivity contribution in [3.05, 3.63) is 42.2 Å². The summed E-state index contributed by atoms with van der Waals surface area (Å²) in [4.78, 5) is 3.75. The molecule has 20 heavy (non-hydrogen) atoms. The van der Waals surface area contributed by atoms with Gasteiger partial charge in [0.15, 0.2) is 5.82 Å². The van der Waals surface area contributed by atoms with Gasteiger partial charge >= 0.3 is 0 Å². The highest BCUT2D eigenvalue weighted by Gasteiger charge is 2.35. The molecule has 0 aromatic carbocycles. The van der Waals surface area contributed by atoms with E-state index in [0.717, 1.165) is 18.4 Å². The summed E-state index contributed by atoms with van der Waals surface area (Å²) in [6, 6.07) is 1.57. The number of aromatic nitrogens is 3. The summed E-state index contributed by atoms with van der Waals surface area (Å²) in [5.41, 5.74) is 1.43. The van der Waals surface area contributed by atoms with E-state index in [9.17, 15) is 9.50 Å². The summed E-state index contributed by atoms with van der Waals surface area (Å²) in [7, 11) is 1.85. The van der Waals surface area contributed by atoms with Crippen molar-refractivity contribution in [2.24, 2.45) is 13.0 Å². The van der Waals surface area contributed by atoms with E-state index < -0.39 is 0 Å². The van der Waals surface area contributed by atoms with Crippen LogP contribution in [0.1, 0.15) is 24.4 Å². The summed E-state index contributed by atoms with van der Waals surface area (Å²) in [5.74, 6) is -0.0944. The Morgan fingerprint density at radius 1 is 1.45 bits per heavy atom. The van der Waals surface area contributed by atoms with Gasteiger partial charge in [0.2, 0.25) is 0 Å². The lowest BCUT2D eigenvalue weighted by atomic mass is 9.75. The molecule has 6 heteroatoms. The minimum absolute atomic E-state index is 0.0519. The molecule has 0 radical (unpaired) electrons. The van der Waals surface area contributed by atoms with Crippen molar-refractivity contribution in [2.45, 2.75) is 25.0 Å². The maximum absolute atomic E-state index is 13.7. The molecule has 3 rings (SSSR count). The van der Waals surface area contributed by atoms with E-state index in [1.807, 2.05) is 13.2 Å². The van der Waals surface area contributed by atoms with E-state index in [0.29, 0.717) is 5.69 Å². The van der Waals surface area contributed by atoms with Crippen LogP contribution in [-0.2, 0) is 7.05 Å². The fourth-order valence-electron chi connectivity index (χ4n) is 2.64. The van der Waals surface area contributed by atoms with E-state index in [4.69, 9.17) is 0 Å². The van der Waals surface area contributed by atoms with Crippen molar-refractivity contribution in [1.82, 2.24) is 14.8 Å². The molecule has 0 aliphatic heterocycles. The van der Waals surface area contributed by atoms with Gasteiger partial charge in [-0.1, -0.05) is 0 Å². The molecular weight excluding hydrogens is 259 g/mol. The standard InChI is InChI=1S/C14H17FN4O/c1-19-8-10(6-17-19)14(9-4-11(20)5-9)18-13-2-3-16-7-12(13)15/h2-3,6-9,11,14,20H,4-5H2,1H3,(H,16,18). The molecule has 1 aliphatic carbocycles. The van der Waals surface area contributed by atoms with Crippen LogP contribution < -0.4 is 5.32 Å². The lowest BCUT2D eigenvalue weighted by molar-refractivity contribution is 0.0339. The van der Waals surface area contributed by atoms with Crippen LogP contribution in [0.2, 0.25) is 0 Å². The molecular formula is C14H17FN4O. The third-order valence-electron chi connectivity index (χ3n) is 3.79. The van der Waals surface area contributed by atoms with Crippen LogP contribution in [0.15, 0.2) is 30.9 Å². The lowest BCUT2D eigenvalue weighted by Gasteiger charge is -2.38. The average Bonchev–Trinajstić information content (AvgIpc) is 2.81. The SMILES string of the molecule is Cn1cc(C(Nc2ccncc2F)C2CC(O)C2)cn1. The molecule has 2 aromatic rings. The maximum Gasteiger partial charge on any atom is 0.164 e. The smallest absolute Gasteiger partial charge is 0.164 e. The van der Waals surface area contributed by atoms with Gasteiger partial charge in [-0.25, -0.2) is 4.39 Å². The second-order valence-corrected chi connectivity index (χ2v) is 5.31. The molecule has 2 aromatic heterocycles. The number of rotatable bonds is 4. The molecule has 2 N–H and O–H groups in total. The van der Waals surface area contributed by atoms with Gasteiger partial charge in [0.25, 0.3) is 0 Å².